The van der Waals surface area contributed by atoms with Crippen LogP contribution in [0.3, 0.4) is 0 Å². The van der Waals surface area contributed by atoms with Crippen molar-refractivity contribution in [2.24, 2.45) is 11.8 Å². The number of aryl methyl sites for hydroxylation is 1. The standard InChI is InChI=1S/C17H24ClN3/c1-3-21-16(10-12(2)13-6-5-9-19-11-13)20-15-8-4-7-14(18)17(15)21/h4,7-8,12-13,19H,3,5-6,9-11H2,1-2H3. The fourth-order valence-corrected chi connectivity index (χ4v) is 3.78. The zero-order chi connectivity index (χ0) is 14.8. The van der Waals surface area contributed by atoms with Crippen LogP contribution in [0.25, 0.3) is 11.0 Å². The van der Waals surface area contributed by atoms with Gasteiger partial charge in [-0.3, -0.25) is 0 Å². The Morgan fingerprint density at radius 2 is 2.33 bits per heavy atom. The summed E-state index contributed by atoms with van der Waals surface area (Å²) >= 11 is 6.37. The van der Waals surface area contributed by atoms with Gasteiger partial charge < -0.3 is 9.88 Å². The summed E-state index contributed by atoms with van der Waals surface area (Å²) in [4.78, 5) is 4.84. The summed E-state index contributed by atoms with van der Waals surface area (Å²) in [6, 6.07) is 6.00. The van der Waals surface area contributed by atoms with E-state index < -0.39 is 0 Å². The number of fused-ring (bicyclic) bond motifs is 1. The highest BCUT2D eigenvalue weighted by Crippen LogP contribution is 2.28. The van der Waals surface area contributed by atoms with Crippen molar-refractivity contribution in [2.45, 2.75) is 39.7 Å². The average Bonchev–Trinajstić information content (AvgIpc) is 2.86. The first-order chi connectivity index (χ1) is 10.2. The maximum absolute atomic E-state index is 6.37. The molecule has 2 aromatic rings. The smallest absolute Gasteiger partial charge is 0.110 e. The molecule has 1 aromatic carbocycles. The van der Waals surface area contributed by atoms with Crippen LogP contribution < -0.4 is 5.32 Å². The van der Waals surface area contributed by atoms with E-state index in [-0.39, 0.29) is 0 Å². The van der Waals surface area contributed by atoms with Crippen molar-refractivity contribution in [2.75, 3.05) is 13.1 Å². The van der Waals surface area contributed by atoms with Gasteiger partial charge in [0.1, 0.15) is 5.82 Å². The predicted octanol–water partition coefficient (Wildman–Crippen LogP) is 3.89. The Balaban J connectivity index is 1.87. The molecule has 2 atom stereocenters. The third-order valence-electron chi connectivity index (χ3n) is 4.76. The van der Waals surface area contributed by atoms with Gasteiger partial charge in [-0.1, -0.05) is 24.6 Å². The molecule has 3 rings (SSSR count). The maximum atomic E-state index is 6.37. The fourth-order valence-electron chi connectivity index (χ4n) is 3.51. The van der Waals surface area contributed by atoms with Gasteiger partial charge in [-0.05, 0) is 56.8 Å². The van der Waals surface area contributed by atoms with E-state index in [0.29, 0.717) is 5.92 Å². The van der Waals surface area contributed by atoms with Crippen molar-refractivity contribution >= 4 is 22.6 Å². The number of piperidine rings is 1. The van der Waals surface area contributed by atoms with Crippen LogP contribution in [-0.2, 0) is 13.0 Å². The van der Waals surface area contributed by atoms with Gasteiger partial charge in [0.2, 0.25) is 0 Å². The number of nitrogens with one attached hydrogen (secondary N) is 1. The normalized spacial score (nSPS) is 20.8. The molecule has 21 heavy (non-hydrogen) atoms. The first-order valence-corrected chi connectivity index (χ1v) is 8.42. The Morgan fingerprint density at radius 3 is 3.05 bits per heavy atom. The lowest BCUT2D eigenvalue weighted by molar-refractivity contribution is 0.274. The highest BCUT2D eigenvalue weighted by Gasteiger charge is 2.22. The molecule has 1 fully saturated rings. The molecule has 0 radical (unpaired) electrons. The van der Waals surface area contributed by atoms with Crippen LogP contribution in [0.15, 0.2) is 18.2 Å². The second-order valence-corrected chi connectivity index (χ2v) is 6.57. The molecule has 2 heterocycles. The quantitative estimate of drug-likeness (QED) is 0.929. The number of para-hydroxylation sites is 1. The van der Waals surface area contributed by atoms with Gasteiger partial charge in [-0.15, -0.1) is 0 Å². The molecule has 114 valence electrons. The van der Waals surface area contributed by atoms with Gasteiger partial charge in [-0.2, -0.15) is 0 Å². The molecular formula is C17H24ClN3. The summed E-state index contributed by atoms with van der Waals surface area (Å²) < 4.78 is 2.28. The Bertz CT molecular complexity index is 614. The third-order valence-corrected chi connectivity index (χ3v) is 5.06. The van der Waals surface area contributed by atoms with E-state index in [1.807, 2.05) is 12.1 Å². The van der Waals surface area contributed by atoms with E-state index in [1.165, 1.54) is 25.2 Å². The Kier molecular flexibility index (Phi) is 4.51. The number of aromatic nitrogens is 2. The molecule has 0 spiro atoms. The van der Waals surface area contributed by atoms with Crippen LogP contribution in [0.5, 0.6) is 0 Å². The minimum Gasteiger partial charge on any atom is -0.327 e. The molecule has 1 aliphatic rings. The van der Waals surface area contributed by atoms with Crippen LogP contribution >= 0.6 is 11.6 Å². The van der Waals surface area contributed by atoms with Crippen molar-refractivity contribution in [3.05, 3.63) is 29.0 Å². The molecule has 1 aliphatic heterocycles. The number of imidazole rings is 1. The van der Waals surface area contributed by atoms with Crippen molar-refractivity contribution < 1.29 is 0 Å². The molecular weight excluding hydrogens is 282 g/mol. The second-order valence-electron chi connectivity index (χ2n) is 6.17. The SMILES string of the molecule is CCn1c(CC(C)C2CCCNC2)nc2cccc(Cl)c21. The highest BCUT2D eigenvalue weighted by molar-refractivity contribution is 6.35. The number of benzene rings is 1. The van der Waals surface area contributed by atoms with Crippen LogP contribution in [0.1, 0.15) is 32.5 Å². The predicted molar refractivity (Wildman–Crippen MR) is 88.9 cm³/mol. The number of halogens is 1. The van der Waals surface area contributed by atoms with Crippen LogP contribution in [0, 0.1) is 11.8 Å². The summed E-state index contributed by atoms with van der Waals surface area (Å²) in [6.45, 7) is 7.77. The van der Waals surface area contributed by atoms with E-state index in [1.54, 1.807) is 0 Å². The van der Waals surface area contributed by atoms with Crippen molar-refractivity contribution in [3.63, 3.8) is 0 Å². The van der Waals surface area contributed by atoms with Crippen LogP contribution in [0.4, 0.5) is 0 Å². The summed E-state index contributed by atoms with van der Waals surface area (Å²) in [6.07, 6.45) is 3.66. The van der Waals surface area contributed by atoms with E-state index in [9.17, 15) is 0 Å². The van der Waals surface area contributed by atoms with Gasteiger partial charge in [-0.25, -0.2) is 4.98 Å². The molecule has 1 N–H and O–H groups in total. The van der Waals surface area contributed by atoms with Crippen LogP contribution in [-0.4, -0.2) is 22.6 Å². The lowest BCUT2D eigenvalue weighted by atomic mass is 9.85. The first kappa shape index (κ1) is 14.9. The lowest BCUT2D eigenvalue weighted by Crippen LogP contribution is -2.34. The Hall–Kier alpha value is -1.06. The molecule has 2 unspecified atom stereocenters. The molecule has 0 amide bonds. The van der Waals surface area contributed by atoms with Crippen molar-refractivity contribution in [3.8, 4) is 0 Å². The molecule has 0 saturated carbocycles. The topological polar surface area (TPSA) is 29.9 Å². The average molecular weight is 306 g/mol. The number of nitrogens with zero attached hydrogens (tertiary/aromatic N) is 2. The van der Waals surface area contributed by atoms with Crippen LogP contribution in [0.2, 0.25) is 5.02 Å². The minimum atomic E-state index is 0.652. The van der Waals surface area contributed by atoms with E-state index in [0.717, 1.165) is 41.5 Å². The first-order valence-electron chi connectivity index (χ1n) is 8.05. The Morgan fingerprint density at radius 1 is 1.48 bits per heavy atom. The van der Waals surface area contributed by atoms with Gasteiger partial charge in [0.05, 0.1) is 16.1 Å². The fraction of sp³-hybridized carbons (Fsp3) is 0.588. The van der Waals surface area contributed by atoms with E-state index >= 15 is 0 Å². The second kappa shape index (κ2) is 6.37. The maximum Gasteiger partial charge on any atom is 0.110 e. The number of hydrogen-bond donors (Lipinski definition) is 1. The number of hydrogen-bond acceptors (Lipinski definition) is 2. The van der Waals surface area contributed by atoms with Crippen molar-refractivity contribution in [1.82, 2.24) is 14.9 Å². The summed E-state index contributed by atoms with van der Waals surface area (Å²) in [7, 11) is 0. The summed E-state index contributed by atoms with van der Waals surface area (Å²) in [5.41, 5.74) is 2.11. The molecule has 3 nitrogen and oxygen atoms in total. The van der Waals surface area contributed by atoms with Gasteiger partial charge >= 0.3 is 0 Å². The lowest BCUT2D eigenvalue weighted by Gasteiger charge is -2.28. The van der Waals surface area contributed by atoms with Gasteiger partial charge in [0.25, 0.3) is 0 Å². The largest absolute Gasteiger partial charge is 0.327 e. The molecule has 0 bridgehead atoms. The molecule has 1 aromatic heterocycles. The highest BCUT2D eigenvalue weighted by atomic mass is 35.5. The summed E-state index contributed by atoms with van der Waals surface area (Å²) in [5, 5.41) is 4.32. The van der Waals surface area contributed by atoms with Gasteiger partial charge in [0, 0.05) is 13.0 Å². The van der Waals surface area contributed by atoms with E-state index in [4.69, 9.17) is 16.6 Å². The summed E-state index contributed by atoms with van der Waals surface area (Å²) in [5.74, 6) is 2.59. The Labute approximate surface area is 131 Å². The third kappa shape index (κ3) is 2.95. The van der Waals surface area contributed by atoms with E-state index in [2.05, 4.69) is 29.8 Å². The molecule has 4 heteroatoms. The zero-order valence-electron chi connectivity index (χ0n) is 12.9. The monoisotopic (exact) mass is 305 g/mol. The zero-order valence-corrected chi connectivity index (χ0v) is 13.7. The minimum absolute atomic E-state index is 0.652. The molecule has 1 saturated heterocycles. The van der Waals surface area contributed by atoms with Gasteiger partial charge in [0.15, 0.2) is 0 Å². The molecule has 0 aliphatic carbocycles. The van der Waals surface area contributed by atoms with Crippen molar-refractivity contribution in [1.29, 1.82) is 0 Å². The number of rotatable bonds is 4.